The number of thioether (sulfide) groups is 1. The number of carbonyl (C=O) groups is 1. The topological polar surface area (TPSA) is 85.0 Å². The highest BCUT2D eigenvalue weighted by Gasteiger charge is 2.31. The van der Waals surface area contributed by atoms with E-state index in [0.29, 0.717) is 16.8 Å². The lowest BCUT2D eigenvalue weighted by Crippen LogP contribution is -2.40. The van der Waals surface area contributed by atoms with Gasteiger partial charge in [0, 0.05) is 30.7 Å². The molecule has 0 radical (unpaired) electrons. The van der Waals surface area contributed by atoms with Crippen molar-refractivity contribution in [1.29, 1.82) is 0 Å². The van der Waals surface area contributed by atoms with E-state index in [2.05, 4.69) is 15.0 Å². The Morgan fingerprint density at radius 1 is 1.20 bits per heavy atom. The molecule has 1 atom stereocenters. The Hall–Kier alpha value is -2.74. The fraction of sp³-hybridized carbons (Fsp3) is 0.409. The molecule has 0 aliphatic carbocycles. The van der Waals surface area contributed by atoms with Gasteiger partial charge in [0.2, 0.25) is 5.91 Å². The molecule has 1 aliphatic rings. The van der Waals surface area contributed by atoms with E-state index in [0.717, 1.165) is 54.1 Å². The number of hydrogen-bond donors (Lipinski definition) is 0. The average Bonchev–Trinajstić information content (AvgIpc) is 3.10. The molecule has 1 fully saturated rings. The average molecular weight is 424 g/mol. The van der Waals surface area contributed by atoms with Crippen molar-refractivity contribution in [1.82, 2.24) is 24.8 Å². The highest BCUT2D eigenvalue weighted by Crippen LogP contribution is 2.36. The van der Waals surface area contributed by atoms with Crippen molar-refractivity contribution < 1.29 is 9.21 Å². The molecule has 1 aliphatic heterocycles. The Labute approximate surface area is 180 Å². The van der Waals surface area contributed by atoms with Crippen LogP contribution in [0.5, 0.6) is 0 Å². The number of piperidine rings is 1. The van der Waals surface area contributed by atoms with Gasteiger partial charge in [-0.3, -0.25) is 9.78 Å². The zero-order valence-electron chi connectivity index (χ0n) is 17.5. The van der Waals surface area contributed by atoms with E-state index in [9.17, 15) is 4.79 Å². The van der Waals surface area contributed by atoms with Crippen LogP contribution in [0.3, 0.4) is 0 Å². The molecule has 0 aromatic carbocycles. The molecule has 3 aromatic heterocycles. The van der Waals surface area contributed by atoms with Crippen LogP contribution in [0, 0.1) is 20.8 Å². The predicted octanol–water partition coefficient (Wildman–Crippen LogP) is 4.30. The standard InChI is InChI=1S/C22H25N5O2S/c1-14-15(2)29-22(25-14)30-13-20(28)27-11-5-4-6-19(27)21-18(12-24-16(3)26-21)17-7-9-23-10-8-17/h7-10,12,19H,4-6,11,13H2,1-3H3/t19-/m1/s1. The number of aromatic nitrogens is 4. The normalized spacial score (nSPS) is 16.6. The summed E-state index contributed by atoms with van der Waals surface area (Å²) >= 11 is 1.35. The van der Waals surface area contributed by atoms with Gasteiger partial charge in [0.15, 0.2) is 0 Å². The minimum Gasteiger partial charge on any atom is -0.437 e. The van der Waals surface area contributed by atoms with Gasteiger partial charge in [-0.15, -0.1) is 0 Å². The first-order valence-electron chi connectivity index (χ1n) is 10.1. The van der Waals surface area contributed by atoms with Crippen LogP contribution in [0.15, 0.2) is 40.4 Å². The van der Waals surface area contributed by atoms with Gasteiger partial charge < -0.3 is 9.32 Å². The third-order valence-electron chi connectivity index (χ3n) is 5.40. The lowest BCUT2D eigenvalue weighted by molar-refractivity contribution is -0.132. The Morgan fingerprint density at radius 3 is 2.73 bits per heavy atom. The van der Waals surface area contributed by atoms with E-state index >= 15 is 0 Å². The molecule has 0 bridgehead atoms. The molecule has 0 saturated carbocycles. The van der Waals surface area contributed by atoms with Crippen molar-refractivity contribution in [2.24, 2.45) is 0 Å². The molecular weight excluding hydrogens is 398 g/mol. The Bertz CT molecular complexity index is 1020. The third-order valence-corrected chi connectivity index (χ3v) is 6.21. The molecule has 156 valence electrons. The molecule has 0 N–H and O–H groups in total. The second-order valence-electron chi connectivity index (χ2n) is 7.46. The molecule has 0 unspecified atom stereocenters. The SMILES string of the molecule is Cc1ncc(-c2ccncc2)c([C@H]2CCCCN2C(=O)CSc2nc(C)c(C)o2)n1. The van der Waals surface area contributed by atoms with E-state index in [4.69, 9.17) is 9.40 Å². The van der Waals surface area contributed by atoms with Crippen LogP contribution in [-0.2, 0) is 4.79 Å². The van der Waals surface area contributed by atoms with E-state index in [1.165, 1.54) is 11.8 Å². The molecule has 1 amide bonds. The molecule has 1 saturated heterocycles. The Morgan fingerprint density at radius 2 is 2.00 bits per heavy atom. The van der Waals surface area contributed by atoms with E-state index in [1.54, 1.807) is 12.4 Å². The fourth-order valence-corrected chi connectivity index (χ4v) is 4.52. The van der Waals surface area contributed by atoms with Crippen LogP contribution in [0.2, 0.25) is 0 Å². The summed E-state index contributed by atoms with van der Waals surface area (Å²) in [5.41, 5.74) is 3.74. The molecule has 30 heavy (non-hydrogen) atoms. The van der Waals surface area contributed by atoms with Crippen LogP contribution < -0.4 is 0 Å². The summed E-state index contributed by atoms with van der Waals surface area (Å²) in [4.78, 5) is 32.8. The maximum absolute atomic E-state index is 13.2. The summed E-state index contributed by atoms with van der Waals surface area (Å²) in [5.74, 6) is 1.88. The molecule has 7 nitrogen and oxygen atoms in total. The van der Waals surface area contributed by atoms with Gasteiger partial charge in [0.25, 0.3) is 5.22 Å². The van der Waals surface area contributed by atoms with Crippen molar-refractivity contribution in [2.45, 2.75) is 51.3 Å². The van der Waals surface area contributed by atoms with Crippen LogP contribution in [-0.4, -0.2) is 43.0 Å². The molecule has 8 heteroatoms. The number of nitrogens with zero attached hydrogens (tertiary/aromatic N) is 5. The monoisotopic (exact) mass is 423 g/mol. The third kappa shape index (κ3) is 4.38. The van der Waals surface area contributed by atoms with Gasteiger partial charge in [-0.05, 0) is 57.7 Å². The summed E-state index contributed by atoms with van der Waals surface area (Å²) in [7, 11) is 0. The van der Waals surface area contributed by atoms with Crippen LogP contribution in [0.4, 0.5) is 0 Å². The summed E-state index contributed by atoms with van der Waals surface area (Å²) in [5, 5.41) is 0.544. The summed E-state index contributed by atoms with van der Waals surface area (Å²) < 4.78 is 5.61. The Balaban J connectivity index is 1.59. The van der Waals surface area contributed by atoms with Gasteiger partial charge >= 0.3 is 0 Å². The number of rotatable bonds is 5. The van der Waals surface area contributed by atoms with Crippen molar-refractivity contribution in [3.05, 3.63) is 53.7 Å². The van der Waals surface area contributed by atoms with Gasteiger partial charge in [-0.1, -0.05) is 11.8 Å². The van der Waals surface area contributed by atoms with Crippen molar-refractivity contribution in [3.63, 3.8) is 0 Å². The molecular formula is C22H25N5O2S. The van der Waals surface area contributed by atoms with E-state index in [-0.39, 0.29) is 11.9 Å². The summed E-state index contributed by atoms with van der Waals surface area (Å²) in [6, 6.07) is 3.84. The first-order valence-corrected chi connectivity index (χ1v) is 11.1. The summed E-state index contributed by atoms with van der Waals surface area (Å²) in [6.45, 7) is 6.40. The smallest absolute Gasteiger partial charge is 0.256 e. The second kappa shape index (κ2) is 8.95. The van der Waals surface area contributed by atoms with Gasteiger partial charge in [-0.2, -0.15) is 0 Å². The van der Waals surface area contributed by atoms with Gasteiger partial charge in [-0.25, -0.2) is 15.0 Å². The number of carbonyl (C=O) groups excluding carboxylic acids is 1. The first kappa shape index (κ1) is 20.5. The largest absolute Gasteiger partial charge is 0.437 e. The van der Waals surface area contributed by atoms with E-state index < -0.39 is 0 Å². The molecule has 4 rings (SSSR count). The fourth-order valence-electron chi connectivity index (χ4n) is 3.72. The maximum atomic E-state index is 13.2. The number of likely N-dealkylation sites (tertiary alicyclic amines) is 1. The van der Waals surface area contributed by atoms with Crippen molar-refractivity contribution in [3.8, 4) is 11.1 Å². The number of aryl methyl sites for hydroxylation is 3. The number of hydrogen-bond acceptors (Lipinski definition) is 7. The highest BCUT2D eigenvalue weighted by molar-refractivity contribution is 7.99. The lowest BCUT2D eigenvalue weighted by atomic mass is 9.94. The number of pyridine rings is 1. The minimum atomic E-state index is -0.0650. The van der Waals surface area contributed by atoms with Crippen LogP contribution in [0.25, 0.3) is 11.1 Å². The number of oxazole rings is 1. The molecule has 4 heterocycles. The maximum Gasteiger partial charge on any atom is 0.256 e. The number of amides is 1. The van der Waals surface area contributed by atoms with Crippen LogP contribution in [0.1, 0.15) is 48.3 Å². The predicted molar refractivity (Wildman–Crippen MR) is 115 cm³/mol. The Kier molecular flexibility index (Phi) is 6.13. The zero-order chi connectivity index (χ0) is 21.1. The molecule has 3 aromatic rings. The lowest BCUT2D eigenvalue weighted by Gasteiger charge is -2.36. The zero-order valence-corrected chi connectivity index (χ0v) is 18.3. The highest BCUT2D eigenvalue weighted by atomic mass is 32.2. The van der Waals surface area contributed by atoms with Crippen molar-refractivity contribution >= 4 is 17.7 Å². The van der Waals surface area contributed by atoms with Gasteiger partial charge in [0.1, 0.15) is 11.6 Å². The first-order chi connectivity index (χ1) is 14.5. The molecule has 0 spiro atoms. The van der Waals surface area contributed by atoms with Crippen LogP contribution >= 0.6 is 11.8 Å². The summed E-state index contributed by atoms with van der Waals surface area (Å²) in [6.07, 6.45) is 8.34. The van der Waals surface area contributed by atoms with Gasteiger partial charge in [0.05, 0.1) is 23.2 Å². The minimum absolute atomic E-state index is 0.0650. The van der Waals surface area contributed by atoms with E-state index in [1.807, 2.05) is 44.0 Å². The quantitative estimate of drug-likeness (QED) is 0.566. The second-order valence-corrected chi connectivity index (χ2v) is 8.39. The van der Waals surface area contributed by atoms with Crippen molar-refractivity contribution in [2.75, 3.05) is 12.3 Å².